The number of hydrogen-bond donors (Lipinski definition) is 1. The topological polar surface area (TPSA) is 63.2 Å². The summed E-state index contributed by atoms with van der Waals surface area (Å²) in [5.74, 6) is -0.0826. The molecule has 3 rings (SSSR count). The Morgan fingerprint density at radius 3 is 2.62 bits per heavy atom. The zero-order valence-corrected chi connectivity index (χ0v) is 14.9. The molecule has 0 amide bonds. The van der Waals surface area contributed by atoms with Crippen LogP contribution in [0, 0.1) is 6.92 Å². The van der Waals surface area contributed by atoms with Gasteiger partial charge in [-0.1, -0.05) is 18.2 Å². The summed E-state index contributed by atoms with van der Waals surface area (Å²) >= 11 is 0. The molecule has 0 heterocycles. The first-order valence-corrected chi connectivity index (χ1v) is 9.86. The molecule has 2 aromatic carbocycles. The Morgan fingerprint density at radius 1 is 1.21 bits per heavy atom. The van der Waals surface area contributed by atoms with E-state index in [1.54, 1.807) is 12.1 Å². The van der Waals surface area contributed by atoms with E-state index in [2.05, 4.69) is 24.4 Å². The number of nitrogens with one attached hydrogen (secondary N) is 1. The van der Waals surface area contributed by atoms with Crippen molar-refractivity contribution in [3.05, 3.63) is 58.7 Å². The van der Waals surface area contributed by atoms with Crippen LogP contribution in [-0.4, -0.2) is 20.5 Å². The average Bonchev–Trinajstić information content (AvgIpc) is 2.90. The van der Waals surface area contributed by atoms with Crippen molar-refractivity contribution in [3.63, 3.8) is 0 Å². The molecule has 24 heavy (non-hydrogen) atoms. The molecule has 1 atom stereocenters. The Bertz CT molecular complexity index is 916. The third-order valence-corrected chi connectivity index (χ3v) is 5.78. The second kappa shape index (κ2) is 6.06. The number of hydrogen-bond acceptors (Lipinski definition) is 4. The molecule has 0 unspecified atom stereocenters. The second-order valence-electron chi connectivity index (χ2n) is 6.42. The van der Waals surface area contributed by atoms with E-state index in [0.29, 0.717) is 11.3 Å². The molecule has 0 aliphatic heterocycles. The minimum absolute atomic E-state index is 0.0580. The number of ketones is 1. The van der Waals surface area contributed by atoms with Gasteiger partial charge in [-0.3, -0.25) is 4.79 Å². The van der Waals surface area contributed by atoms with Gasteiger partial charge in [-0.15, -0.1) is 0 Å². The predicted molar refractivity (Wildman–Crippen MR) is 95.4 cm³/mol. The van der Waals surface area contributed by atoms with E-state index in [1.807, 2.05) is 6.07 Å². The fraction of sp³-hybridized carbons (Fsp3) is 0.316. The van der Waals surface area contributed by atoms with Crippen LogP contribution in [0.15, 0.2) is 41.3 Å². The summed E-state index contributed by atoms with van der Waals surface area (Å²) in [6.45, 7) is 3.58. The molecule has 5 heteroatoms. The summed E-state index contributed by atoms with van der Waals surface area (Å²) in [4.78, 5) is 11.9. The Balaban J connectivity index is 2.03. The number of fused-ring (bicyclic) bond motifs is 1. The molecule has 0 bridgehead atoms. The lowest BCUT2D eigenvalue weighted by Crippen LogP contribution is -2.12. The molecule has 4 nitrogen and oxygen atoms in total. The molecule has 0 saturated carbocycles. The standard InChI is InChI=1S/C19H21NO3S/c1-12-5-4-6-16-15(12)8-9-17(16)20-18-11-14(13(2)21)7-10-19(18)24(3,22)23/h4-7,10-11,17,20H,8-9H2,1-3H3/t17-/m0/s1. The molecule has 1 N–H and O–H groups in total. The first-order valence-electron chi connectivity index (χ1n) is 7.97. The summed E-state index contributed by atoms with van der Waals surface area (Å²) in [6, 6.07) is 11.0. The number of aryl methyl sites for hydroxylation is 1. The lowest BCUT2D eigenvalue weighted by atomic mass is 10.0. The van der Waals surface area contributed by atoms with Crippen LogP contribution in [0.3, 0.4) is 0 Å². The molecule has 126 valence electrons. The first kappa shape index (κ1) is 16.7. The fourth-order valence-electron chi connectivity index (χ4n) is 3.36. The molecule has 0 fully saturated rings. The molecule has 0 saturated heterocycles. The highest BCUT2D eigenvalue weighted by molar-refractivity contribution is 7.90. The summed E-state index contributed by atoms with van der Waals surface area (Å²) in [5, 5.41) is 3.36. The molecular weight excluding hydrogens is 322 g/mol. The van der Waals surface area contributed by atoms with E-state index >= 15 is 0 Å². The van der Waals surface area contributed by atoms with Crippen molar-refractivity contribution >= 4 is 21.3 Å². The monoisotopic (exact) mass is 343 g/mol. The highest BCUT2D eigenvalue weighted by atomic mass is 32.2. The third-order valence-electron chi connectivity index (χ3n) is 4.62. The number of rotatable bonds is 4. The minimum atomic E-state index is -3.38. The Labute approximate surface area is 142 Å². The van der Waals surface area contributed by atoms with Gasteiger partial charge in [-0.05, 0) is 61.6 Å². The van der Waals surface area contributed by atoms with Crippen LogP contribution in [0.4, 0.5) is 5.69 Å². The quantitative estimate of drug-likeness (QED) is 0.860. The van der Waals surface area contributed by atoms with Crippen molar-refractivity contribution in [2.24, 2.45) is 0 Å². The molecular formula is C19H21NO3S. The minimum Gasteiger partial charge on any atom is -0.377 e. The Hall–Kier alpha value is -2.14. The van der Waals surface area contributed by atoms with E-state index in [1.165, 1.54) is 35.9 Å². The molecule has 1 aliphatic carbocycles. The highest BCUT2D eigenvalue weighted by Crippen LogP contribution is 2.37. The van der Waals surface area contributed by atoms with Gasteiger partial charge in [0.05, 0.1) is 16.6 Å². The number of Topliss-reactive ketones (excluding diaryl/α,β-unsaturated/α-hetero) is 1. The zero-order chi connectivity index (χ0) is 17.5. The van der Waals surface area contributed by atoms with Gasteiger partial charge in [0.15, 0.2) is 15.6 Å². The van der Waals surface area contributed by atoms with Gasteiger partial charge in [0, 0.05) is 11.8 Å². The fourth-order valence-corrected chi connectivity index (χ4v) is 4.19. The third kappa shape index (κ3) is 3.08. The Morgan fingerprint density at radius 2 is 1.96 bits per heavy atom. The van der Waals surface area contributed by atoms with Crippen LogP contribution in [0.5, 0.6) is 0 Å². The Kier molecular flexibility index (Phi) is 4.22. The van der Waals surface area contributed by atoms with Crippen molar-refractivity contribution in [2.45, 2.75) is 37.6 Å². The van der Waals surface area contributed by atoms with Crippen molar-refractivity contribution in [2.75, 3.05) is 11.6 Å². The van der Waals surface area contributed by atoms with Crippen LogP contribution >= 0.6 is 0 Å². The normalized spacial score (nSPS) is 16.7. The smallest absolute Gasteiger partial charge is 0.177 e. The lowest BCUT2D eigenvalue weighted by molar-refractivity contribution is 0.101. The van der Waals surface area contributed by atoms with E-state index in [-0.39, 0.29) is 16.7 Å². The van der Waals surface area contributed by atoms with Gasteiger partial charge in [-0.25, -0.2) is 8.42 Å². The largest absolute Gasteiger partial charge is 0.377 e. The predicted octanol–water partition coefficient (Wildman–Crippen LogP) is 3.70. The van der Waals surface area contributed by atoms with Gasteiger partial charge in [0.2, 0.25) is 0 Å². The first-order chi connectivity index (χ1) is 11.3. The van der Waals surface area contributed by atoms with E-state index < -0.39 is 9.84 Å². The molecule has 0 spiro atoms. The average molecular weight is 343 g/mol. The van der Waals surface area contributed by atoms with E-state index in [4.69, 9.17) is 0 Å². The van der Waals surface area contributed by atoms with Crippen molar-refractivity contribution < 1.29 is 13.2 Å². The van der Waals surface area contributed by atoms with Crippen molar-refractivity contribution in [1.82, 2.24) is 0 Å². The zero-order valence-electron chi connectivity index (χ0n) is 14.1. The van der Waals surface area contributed by atoms with Gasteiger partial charge in [0.1, 0.15) is 0 Å². The number of carbonyl (C=O) groups excluding carboxylic acids is 1. The molecule has 0 aromatic heterocycles. The summed E-state index contributed by atoms with van der Waals surface area (Å²) < 4.78 is 24.2. The van der Waals surface area contributed by atoms with Gasteiger partial charge < -0.3 is 5.32 Å². The van der Waals surface area contributed by atoms with E-state index in [9.17, 15) is 13.2 Å². The second-order valence-corrected chi connectivity index (χ2v) is 8.40. The maximum atomic E-state index is 12.1. The maximum Gasteiger partial charge on any atom is 0.177 e. The van der Waals surface area contributed by atoms with E-state index in [0.717, 1.165) is 12.8 Å². The van der Waals surface area contributed by atoms with Crippen molar-refractivity contribution in [3.8, 4) is 0 Å². The van der Waals surface area contributed by atoms with Crippen LogP contribution in [-0.2, 0) is 16.3 Å². The highest BCUT2D eigenvalue weighted by Gasteiger charge is 2.25. The van der Waals surface area contributed by atoms with Crippen LogP contribution in [0.2, 0.25) is 0 Å². The van der Waals surface area contributed by atoms with Gasteiger partial charge >= 0.3 is 0 Å². The molecule has 0 radical (unpaired) electrons. The molecule has 1 aliphatic rings. The summed E-state index contributed by atoms with van der Waals surface area (Å²) in [6.07, 6.45) is 3.07. The van der Waals surface area contributed by atoms with Crippen molar-refractivity contribution in [1.29, 1.82) is 0 Å². The summed E-state index contributed by atoms with van der Waals surface area (Å²) in [5.41, 5.74) is 4.82. The van der Waals surface area contributed by atoms with Gasteiger partial charge in [-0.2, -0.15) is 0 Å². The number of benzene rings is 2. The number of anilines is 1. The molecule has 2 aromatic rings. The SMILES string of the molecule is CC(=O)c1ccc(S(C)(=O)=O)c(N[C@H]2CCc3c(C)cccc32)c1. The lowest BCUT2D eigenvalue weighted by Gasteiger charge is -2.19. The summed E-state index contributed by atoms with van der Waals surface area (Å²) in [7, 11) is -3.38. The van der Waals surface area contributed by atoms with Crippen LogP contribution in [0.25, 0.3) is 0 Å². The van der Waals surface area contributed by atoms with Gasteiger partial charge in [0.25, 0.3) is 0 Å². The maximum absolute atomic E-state index is 12.1. The van der Waals surface area contributed by atoms with Crippen LogP contribution < -0.4 is 5.32 Å². The number of sulfone groups is 1. The van der Waals surface area contributed by atoms with Crippen LogP contribution in [0.1, 0.15) is 46.4 Å². The number of carbonyl (C=O) groups is 1.